The van der Waals surface area contributed by atoms with Crippen LogP contribution < -0.4 is 5.32 Å². The second kappa shape index (κ2) is 9.97. The Morgan fingerprint density at radius 3 is 2.31 bits per heavy atom. The lowest BCUT2D eigenvalue weighted by Crippen LogP contribution is -2.22. The van der Waals surface area contributed by atoms with Crippen LogP contribution in [0.25, 0.3) is 20.8 Å². The van der Waals surface area contributed by atoms with Gasteiger partial charge in [-0.1, -0.05) is 36.4 Å². The minimum absolute atomic E-state index is 0.0336. The molecular weight excluding hydrogens is 459 g/mol. The third kappa shape index (κ3) is 4.73. The van der Waals surface area contributed by atoms with Crippen molar-refractivity contribution in [3.05, 3.63) is 116 Å². The topological polar surface area (TPSA) is 42.8 Å². The Kier molecular flexibility index (Phi) is 6.82. The summed E-state index contributed by atoms with van der Waals surface area (Å²) >= 11 is 1.44. The van der Waals surface area contributed by atoms with Gasteiger partial charge < -0.3 is 9.88 Å². The van der Waals surface area contributed by atoms with E-state index in [1.807, 2.05) is 56.5 Å². The van der Waals surface area contributed by atoms with Crippen LogP contribution >= 0.6 is 11.3 Å². The number of nitrogens with zero attached hydrogens (tertiary/aromatic N) is 3. The van der Waals surface area contributed by atoms with E-state index < -0.39 is 5.82 Å². The summed E-state index contributed by atoms with van der Waals surface area (Å²) in [7, 11) is 0. The maximum absolute atomic E-state index is 14.3. The van der Waals surface area contributed by atoms with Crippen LogP contribution in [0.3, 0.4) is 0 Å². The molecule has 0 saturated heterocycles. The van der Waals surface area contributed by atoms with Gasteiger partial charge >= 0.3 is 0 Å². The molecule has 0 unspecified atom stereocenters. The molecule has 0 saturated carbocycles. The van der Waals surface area contributed by atoms with Gasteiger partial charge in [-0.05, 0) is 60.5 Å². The van der Waals surface area contributed by atoms with E-state index in [1.165, 1.54) is 23.5 Å². The minimum Gasteiger partial charge on any atom is -0.355 e. The van der Waals surface area contributed by atoms with Crippen molar-refractivity contribution in [3.8, 4) is 11.1 Å². The lowest BCUT2D eigenvalue weighted by Gasteiger charge is -2.12. The first kappa shape index (κ1) is 23.9. The number of benzene rings is 2. The number of carbonyl (C=O) groups excluding carboxylic acids is 1. The van der Waals surface area contributed by atoms with Crippen molar-refractivity contribution in [2.75, 3.05) is 0 Å². The lowest BCUT2D eigenvalue weighted by molar-refractivity contribution is 0.0954. The summed E-state index contributed by atoms with van der Waals surface area (Å²) in [5.74, 6) is -0.657. The van der Waals surface area contributed by atoms with Crippen molar-refractivity contribution in [3.63, 3.8) is 0 Å². The summed E-state index contributed by atoms with van der Waals surface area (Å²) in [6.45, 7) is 21.5. The minimum atomic E-state index is -0.588. The number of rotatable bonds is 6. The molecule has 0 aliphatic rings. The fraction of sp³-hybridized carbons (Fsp3) is 0.179. The van der Waals surface area contributed by atoms with Gasteiger partial charge in [0.2, 0.25) is 11.4 Å². The first-order valence-corrected chi connectivity index (χ1v) is 11.9. The molecule has 4 aromatic rings. The Balaban J connectivity index is 1.54. The number of hydrogen-bond acceptors (Lipinski definition) is 2. The Morgan fingerprint density at radius 1 is 1.00 bits per heavy atom. The van der Waals surface area contributed by atoms with E-state index in [0.29, 0.717) is 29.9 Å². The average Bonchev–Trinajstić information content (AvgIpc) is 3.39. The molecule has 2 heterocycles. The van der Waals surface area contributed by atoms with Crippen LogP contribution in [-0.4, -0.2) is 10.5 Å². The van der Waals surface area contributed by atoms with Crippen LogP contribution in [0.4, 0.5) is 15.8 Å². The van der Waals surface area contributed by atoms with Gasteiger partial charge in [0.05, 0.1) is 18.0 Å². The number of halogens is 1. The average molecular weight is 483 g/mol. The first-order chi connectivity index (χ1) is 16.8. The van der Waals surface area contributed by atoms with Crippen molar-refractivity contribution in [1.29, 1.82) is 0 Å². The van der Waals surface area contributed by atoms with E-state index in [4.69, 9.17) is 13.1 Å². The summed E-state index contributed by atoms with van der Waals surface area (Å²) in [4.78, 5) is 20.0. The van der Waals surface area contributed by atoms with Crippen molar-refractivity contribution in [2.45, 2.75) is 33.9 Å². The summed E-state index contributed by atoms with van der Waals surface area (Å²) < 4.78 is 16.3. The molecule has 0 bridgehead atoms. The predicted molar refractivity (Wildman–Crippen MR) is 138 cm³/mol. The van der Waals surface area contributed by atoms with Crippen LogP contribution in [0, 0.1) is 39.7 Å². The molecule has 2 aromatic carbocycles. The van der Waals surface area contributed by atoms with Gasteiger partial charge in [0.1, 0.15) is 5.82 Å². The van der Waals surface area contributed by atoms with Crippen molar-refractivity contribution >= 4 is 28.6 Å². The van der Waals surface area contributed by atoms with E-state index in [1.54, 1.807) is 6.07 Å². The summed E-state index contributed by atoms with van der Waals surface area (Å²) in [5, 5.41) is 4.87. The monoisotopic (exact) mass is 482 g/mol. The highest BCUT2D eigenvalue weighted by Crippen LogP contribution is 2.40. The number of carbonyl (C=O) groups is 1. The first-order valence-electron chi connectivity index (χ1n) is 11.0. The zero-order valence-electron chi connectivity index (χ0n) is 19.6. The number of amides is 1. The molecule has 1 amide bonds. The molecule has 5 nitrogen and oxygen atoms in total. The third-order valence-electron chi connectivity index (χ3n) is 6.10. The molecule has 174 valence electrons. The van der Waals surface area contributed by atoms with Crippen LogP contribution in [0.2, 0.25) is 0 Å². The van der Waals surface area contributed by atoms with Gasteiger partial charge in [0.15, 0.2) is 0 Å². The van der Waals surface area contributed by atoms with E-state index in [9.17, 15) is 9.18 Å². The fourth-order valence-electron chi connectivity index (χ4n) is 4.15. The van der Waals surface area contributed by atoms with Gasteiger partial charge in [0.25, 0.3) is 5.91 Å². The largest absolute Gasteiger partial charge is 0.355 e. The molecule has 2 aromatic heterocycles. The normalized spacial score (nSPS) is 10.6. The predicted octanol–water partition coefficient (Wildman–Crippen LogP) is 7.36. The van der Waals surface area contributed by atoms with E-state index in [0.717, 1.165) is 33.0 Å². The van der Waals surface area contributed by atoms with Crippen molar-refractivity contribution in [1.82, 2.24) is 9.88 Å². The van der Waals surface area contributed by atoms with Gasteiger partial charge in [0, 0.05) is 30.0 Å². The molecule has 1 N–H and O–H groups in total. The van der Waals surface area contributed by atoms with Crippen LogP contribution in [0.15, 0.2) is 53.9 Å². The quantitative estimate of drug-likeness (QED) is 0.287. The van der Waals surface area contributed by atoms with Gasteiger partial charge in [-0.2, -0.15) is 0 Å². The number of nitrogens with one attached hydrogen (secondary N) is 1. The fourth-order valence-corrected chi connectivity index (χ4v) is 4.99. The van der Waals surface area contributed by atoms with Gasteiger partial charge in [-0.15, -0.1) is 11.3 Å². The highest BCUT2D eigenvalue weighted by atomic mass is 32.1. The molecule has 0 atom stereocenters. The molecule has 7 heteroatoms. The second-order valence-corrected chi connectivity index (χ2v) is 9.22. The van der Waals surface area contributed by atoms with E-state index >= 15 is 0 Å². The third-order valence-corrected chi connectivity index (χ3v) is 7.12. The molecule has 0 radical (unpaired) electrons. The highest BCUT2D eigenvalue weighted by molar-refractivity contribution is 7.12. The maximum Gasteiger partial charge on any atom is 0.261 e. The maximum atomic E-state index is 14.3. The molecule has 35 heavy (non-hydrogen) atoms. The molecular formula is C28H23FN4OS. The SMILES string of the molecule is [C-]#[N+]c1ccc(-c2c([N+]#[C-])c(C)n(Cc3ccc(CNC(=O)c4sccc4C)cc3)c2C)cc1F. The molecule has 0 aliphatic heterocycles. The molecule has 0 fully saturated rings. The van der Waals surface area contributed by atoms with Crippen LogP contribution in [0.5, 0.6) is 0 Å². The van der Waals surface area contributed by atoms with Gasteiger partial charge in [-0.3, -0.25) is 4.79 Å². The zero-order chi connectivity index (χ0) is 25.1. The zero-order valence-corrected chi connectivity index (χ0v) is 20.5. The standard InChI is InChI=1S/C28H23FN4OS/c1-17-12-13-35-27(17)28(34)32-15-20-6-8-21(9-7-20)16-33-18(2)25(26(31-5)19(33)3)22-10-11-24(30-4)23(29)14-22/h6-14H,15-16H2,1-3H3,(H,32,34). The van der Waals surface area contributed by atoms with Gasteiger partial charge in [-0.25, -0.2) is 14.1 Å². The number of aromatic nitrogens is 1. The summed E-state index contributed by atoms with van der Waals surface area (Å²) in [5.41, 5.74) is 6.43. The Labute approximate surface area is 208 Å². The highest BCUT2D eigenvalue weighted by Gasteiger charge is 2.20. The Morgan fingerprint density at radius 2 is 1.71 bits per heavy atom. The van der Waals surface area contributed by atoms with Crippen LogP contribution in [-0.2, 0) is 13.1 Å². The smallest absolute Gasteiger partial charge is 0.261 e. The number of aryl methyl sites for hydroxylation is 1. The molecule has 4 rings (SSSR count). The van der Waals surface area contributed by atoms with Crippen molar-refractivity contribution < 1.29 is 9.18 Å². The lowest BCUT2D eigenvalue weighted by atomic mass is 10.0. The number of thiophene rings is 1. The van der Waals surface area contributed by atoms with E-state index in [2.05, 4.69) is 19.6 Å². The van der Waals surface area contributed by atoms with Crippen LogP contribution in [0.1, 0.15) is 37.7 Å². The molecule has 0 spiro atoms. The second-order valence-electron chi connectivity index (χ2n) is 8.30. The van der Waals surface area contributed by atoms with Crippen molar-refractivity contribution in [2.24, 2.45) is 0 Å². The van der Waals surface area contributed by atoms with E-state index in [-0.39, 0.29) is 11.6 Å². The summed E-state index contributed by atoms with van der Waals surface area (Å²) in [6, 6.07) is 14.4. The Hall–Kier alpha value is -4.20. The molecule has 0 aliphatic carbocycles. The summed E-state index contributed by atoms with van der Waals surface area (Å²) in [6.07, 6.45) is 0. The Bertz CT molecular complexity index is 1500. The number of hydrogen-bond donors (Lipinski definition) is 1.